The van der Waals surface area contributed by atoms with Gasteiger partial charge in [0.1, 0.15) is 5.60 Å². The van der Waals surface area contributed by atoms with E-state index in [1.165, 1.54) is 0 Å². The van der Waals surface area contributed by atoms with Gasteiger partial charge in [-0.3, -0.25) is 14.4 Å². The molecule has 124 valence electrons. The van der Waals surface area contributed by atoms with Gasteiger partial charge in [-0.25, -0.2) is 4.79 Å². The molecule has 0 aliphatic carbocycles. The van der Waals surface area contributed by atoms with Crippen LogP contribution in [-0.2, 0) is 28.6 Å². The first-order valence-corrected chi connectivity index (χ1v) is 6.76. The van der Waals surface area contributed by atoms with Crippen molar-refractivity contribution in [1.82, 2.24) is 4.90 Å². The van der Waals surface area contributed by atoms with E-state index in [-0.39, 0.29) is 13.0 Å². The van der Waals surface area contributed by atoms with E-state index in [1.54, 1.807) is 20.8 Å². The Bertz CT molecular complexity index is 462. The predicted molar refractivity (Wildman–Crippen MR) is 73.9 cm³/mol. The third-order valence-corrected chi connectivity index (χ3v) is 3.23. The van der Waals surface area contributed by atoms with Crippen LogP contribution in [0.5, 0.6) is 0 Å². The summed E-state index contributed by atoms with van der Waals surface area (Å²) in [6.45, 7) is 4.67. The monoisotopic (exact) mass is 315 g/mol. The highest BCUT2D eigenvalue weighted by atomic mass is 16.6. The van der Waals surface area contributed by atoms with Crippen molar-refractivity contribution in [3.05, 3.63) is 0 Å². The minimum absolute atomic E-state index is 0.0590. The van der Waals surface area contributed by atoms with Crippen molar-refractivity contribution in [3.8, 4) is 0 Å². The summed E-state index contributed by atoms with van der Waals surface area (Å²) < 4.78 is 14.4. The smallest absolute Gasteiger partial charge is 0.410 e. The van der Waals surface area contributed by atoms with Gasteiger partial charge in [0.25, 0.3) is 0 Å². The van der Waals surface area contributed by atoms with Crippen LogP contribution in [0.1, 0.15) is 27.2 Å². The topological polar surface area (TPSA) is 99.2 Å². The standard InChI is InChI=1S/C14H21NO7/c1-13(2,3)22-12(19)15-7-6-9(16)14(8-15,10(17)20-4)11(18)21-5/h6-8H2,1-5H3. The van der Waals surface area contributed by atoms with Gasteiger partial charge in [0.15, 0.2) is 5.78 Å². The highest BCUT2D eigenvalue weighted by Gasteiger charge is 2.58. The molecule has 0 unspecified atom stereocenters. The van der Waals surface area contributed by atoms with E-state index in [0.29, 0.717) is 0 Å². The lowest BCUT2D eigenvalue weighted by molar-refractivity contribution is -0.175. The molecule has 1 heterocycles. The average molecular weight is 315 g/mol. The van der Waals surface area contributed by atoms with E-state index >= 15 is 0 Å². The first-order chi connectivity index (χ1) is 10.1. The Balaban J connectivity index is 3.11. The van der Waals surface area contributed by atoms with Crippen molar-refractivity contribution in [2.75, 3.05) is 27.3 Å². The zero-order valence-corrected chi connectivity index (χ0v) is 13.4. The molecule has 0 atom stereocenters. The van der Waals surface area contributed by atoms with Crippen LogP contribution >= 0.6 is 0 Å². The fourth-order valence-corrected chi connectivity index (χ4v) is 2.17. The number of piperidine rings is 1. The first-order valence-electron chi connectivity index (χ1n) is 6.76. The van der Waals surface area contributed by atoms with Crippen molar-refractivity contribution in [2.45, 2.75) is 32.8 Å². The maximum Gasteiger partial charge on any atom is 0.410 e. The molecule has 1 saturated heterocycles. The summed E-state index contributed by atoms with van der Waals surface area (Å²) in [5.41, 5.74) is -2.89. The number of hydrogen-bond acceptors (Lipinski definition) is 7. The fourth-order valence-electron chi connectivity index (χ4n) is 2.17. The van der Waals surface area contributed by atoms with Crippen LogP contribution in [0.4, 0.5) is 4.79 Å². The molecule has 0 N–H and O–H groups in total. The number of esters is 2. The van der Waals surface area contributed by atoms with E-state index in [0.717, 1.165) is 19.1 Å². The molecular formula is C14H21NO7. The number of amides is 1. The Morgan fingerprint density at radius 3 is 2.00 bits per heavy atom. The van der Waals surface area contributed by atoms with Crippen LogP contribution < -0.4 is 0 Å². The molecule has 1 amide bonds. The van der Waals surface area contributed by atoms with Gasteiger partial charge in [-0.15, -0.1) is 0 Å². The summed E-state index contributed by atoms with van der Waals surface area (Å²) in [6, 6.07) is 0. The van der Waals surface area contributed by atoms with Crippen LogP contribution in [0.25, 0.3) is 0 Å². The van der Waals surface area contributed by atoms with Crippen molar-refractivity contribution < 1.29 is 33.4 Å². The second kappa shape index (κ2) is 6.33. The second-order valence-corrected chi connectivity index (χ2v) is 5.96. The second-order valence-electron chi connectivity index (χ2n) is 5.96. The summed E-state index contributed by atoms with van der Waals surface area (Å²) in [6.07, 6.45) is -0.874. The number of hydrogen-bond donors (Lipinski definition) is 0. The molecule has 0 spiro atoms. The lowest BCUT2D eigenvalue weighted by atomic mass is 9.78. The Labute approximate surface area is 128 Å². The van der Waals surface area contributed by atoms with E-state index in [4.69, 9.17) is 4.74 Å². The molecule has 1 aliphatic rings. The number of carbonyl (C=O) groups is 4. The number of rotatable bonds is 2. The van der Waals surface area contributed by atoms with Crippen molar-refractivity contribution in [3.63, 3.8) is 0 Å². The van der Waals surface area contributed by atoms with Crippen LogP contribution in [0.2, 0.25) is 0 Å². The number of ether oxygens (including phenoxy) is 3. The molecule has 0 saturated carbocycles. The number of methoxy groups -OCH3 is 2. The van der Waals surface area contributed by atoms with Gasteiger partial charge >= 0.3 is 18.0 Å². The zero-order valence-electron chi connectivity index (χ0n) is 13.4. The zero-order chi connectivity index (χ0) is 17.1. The van der Waals surface area contributed by atoms with E-state index in [2.05, 4.69) is 9.47 Å². The van der Waals surface area contributed by atoms with Gasteiger partial charge < -0.3 is 19.1 Å². The summed E-state index contributed by atoms with van der Waals surface area (Å²) >= 11 is 0. The Hall–Kier alpha value is -2.12. The number of ketones is 1. The van der Waals surface area contributed by atoms with Gasteiger partial charge in [0.05, 0.1) is 20.8 Å². The van der Waals surface area contributed by atoms with Gasteiger partial charge in [-0.1, -0.05) is 0 Å². The Kier molecular flexibility index (Phi) is 5.16. The number of likely N-dealkylation sites (tertiary alicyclic amines) is 1. The van der Waals surface area contributed by atoms with Crippen LogP contribution in [0.3, 0.4) is 0 Å². The number of Topliss-reactive ketones (excluding diaryl/α,β-unsaturated/α-hetero) is 1. The van der Waals surface area contributed by atoms with E-state index < -0.39 is 41.4 Å². The third kappa shape index (κ3) is 3.37. The largest absolute Gasteiger partial charge is 0.468 e. The minimum atomic E-state index is -2.15. The quantitative estimate of drug-likeness (QED) is 0.416. The molecule has 8 nitrogen and oxygen atoms in total. The highest BCUT2D eigenvalue weighted by Crippen LogP contribution is 2.31. The molecule has 0 bridgehead atoms. The van der Waals surface area contributed by atoms with Gasteiger partial charge in [-0.05, 0) is 20.8 Å². The summed E-state index contributed by atoms with van der Waals surface area (Å²) in [5.74, 6) is -2.72. The maximum absolute atomic E-state index is 12.2. The molecular weight excluding hydrogens is 294 g/mol. The molecule has 1 aliphatic heterocycles. The molecule has 1 rings (SSSR count). The molecule has 8 heteroatoms. The molecule has 1 fully saturated rings. The van der Waals surface area contributed by atoms with Crippen LogP contribution in [0, 0.1) is 5.41 Å². The van der Waals surface area contributed by atoms with E-state index in [1.807, 2.05) is 0 Å². The molecule has 0 aromatic rings. The fraction of sp³-hybridized carbons (Fsp3) is 0.714. The SMILES string of the molecule is COC(=O)C1(C(=O)OC)CN(C(=O)OC(C)(C)C)CCC1=O. The molecule has 0 aromatic heterocycles. The summed E-state index contributed by atoms with van der Waals surface area (Å²) in [5, 5.41) is 0. The number of carbonyl (C=O) groups excluding carboxylic acids is 4. The Morgan fingerprint density at radius 1 is 1.09 bits per heavy atom. The van der Waals surface area contributed by atoms with Gasteiger partial charge in [0, 0.05) is 13.0 Å². The first kappa shape index (κ1) is 17.9. The maximum atomic E-state index is 12.2. The van der Waals surface area contributed by atoms with E-state index in [9.17, 15) is 19.2 Å². The normalized spacial score (nSPS) is 17.7. The molecule has 0 radical (unpaired) electrons. The van der Waals surface area contributed by atoms with Crippen molar-refractivity contribution >= 4 is 23.8 Å². The highest BCUT2D eigenvalue weighted by molar-refractivity contribution is 6.21. The number of nitrogens with zero attached hydrogens (tertiary/aromatic N) is 1. The lowest BCUT2D eigenvalue weighted by Gasteiger charge is -2.37. The van der Waals surface area contributed by atoms with Gasteiger partial charge in [-0.2, -0.15) is 0 Å². The van der Waals surface area contributed by atoms with Crippen molar-refractivity contribution in [1.29, 1.82) is 0 Å². The summed E-state index contributed by atoms with van der Waals surface area (Å²) in [7, 11) is 2.12. The lowest BCUT2D eigenvalue weighted by Crippen LogP contribution is -2.60. The van der Waals surface area contributed by atoms with Crippen LogP contribution in [0.15, 0.2) is 0 Å². The Morgan fingerprint density at radius 2 is 1.59 bits per heavy atom. The summed E-state index contributed by atoms with van der Waals surface area (Å²) in [4.78, 5) is 49.5. The average Bonchev–Trinajstić information content (AvgIpc) is 2.44. The van der Waals surface area contributed by atoms with Gasteiger partial charge in [0.2, 0.25) is 5.41 Å². The third-order valence-electron chi connectivity index (χ3n) is 3.23. The molecule has 22 heavy (non-hydrogen) atoms. The predicted octanol–water partition coefficient (Wildman–Crippen LogP) is 0.529. The minimum Gasteiger partial charge on any atom is -0.468 e. The molecule has 0 aromatic carbocycles. The van der Waals surface area contributed by atoms with Crippen molar-refractivity contribution in [2.24, 2.45) is 5.41 Å². The van der Waals surface area contributed by atoms with Crippen LogP contribution in [-0.4, -0.2) is 61.6 Å².